The molecule has 1 fully saturated rings. The van der Waals surface area contributed by atoms with Crippen molar-refractivity contribution in [1.29, 1.82) is 0 Å². The van der Waals surface area contributed by atoms with Crippen LogP contribution >= 0.6 is 24.0 Å². The molecule has 0 bridgehead atoms. The maximum Gasteiger partial charge on any atom is 0.188 e. The molecule has 0 atom stereocenters. The zero-order valence-corrected chi connectivity index (χ0v) is 15.6. The minimum absolute atomic E-state index is 0. The standard InChI is InChI=1S/C16H22N6.HI/c1-12-18-8-9-22(12)15-14(6-3-7-19-15)11-21-16(17)20-10-13-4-2-5-13;/h3,6-9,13H,2,4-5,10-11H2,1H3,(H3,17,20,21);1H. The van der Waals surface area contributed by atoms with E-state index in [4.69, 9.17) is 5.73 Å². The van der Waals surface area contributed by atoms with Crippen molar-refractivity contribution in [2.75, 3.05) is 6.54 Å². The number of pyridine rings is 1. The Bertz CT molecular complexity index is 662. The molecule has 7 heteroatoms. The van der Waals surface area contributed by atoms with Crippen LogP contribution in [0.15, 0.2) is 35.7 Å². The molecule has 3 rings (SSSR count). The number of halogens is 1. The van der Waals surface area contributed by atoms with E-state index >= 15 is 0 Å². The summed E-state index contributed by atoms with van der Waals surface area (Å²) in [4.78, 5) is 13.1. The van der Waals surface area contributed by atoms with Gasteiger partial charge in [-0.05, 0) is 31.7 Å². The summed E-state index contributed by atoms with van der Waals surface area (Å²) in [5, 5.41) is 3.21. The molecule has 0 aliphatic heterocycles. The fourth-order valence-electron chi connectivity index (χ4n) is 2.54. The molecule has 1 saturated carbocycles. The Labute approximate surface area is 153 Å². The molecule has 6 nitrogen and oxygen atoms in total. The number of rotatable bonds is 5. The first-order chi connectivity index (χ1) is 10.7. The number of guanidine groups is 1. The van der Waals surface area contributed by atoms with Crippen molar-refractivity contribution >= 4 is 29.9 Å². The number of aliphatic imine (C=N–C) groups is 1. The van der Waals surface area contributed by atoms with Gasteiger partial charge in [-0.25, -0.2) is 15.0 Å². The van der Waals surface area contributed by atoms with Crippen molar-refractivity contribution in [3.05, 3.63) is 42.1 Å². The van der Waals surface area contributed by atoms with Crippen LogP contribution < -0.4 is 11.1 Å². The van der Waals surface area contributed by atoms with Gasteiger partial charge in [0.05, 0.1) is 6.54 Å². The molecule has 0 amide bonds. The number of hydrogen-bond acceptors (Lipinski definition) is 3. The van der Waals surface area contributed by atoms with Crippen LogP contribution in [0, 0.1) is 12.8 Å². The van der Waals surface area contributed by atoms with Crippen LogP contribution in [0.4, 0.5) is 0 Å². The highest BCUT2D eigenvalue weighted by Gasteiger charge is 2.16. The van der Waals surface area contributed by atoms with E-state index in [2.05, 4.69) is 20.3 Å². The molecule has 2 aromatic rings. The highest BCUT2D eigenvalue weighted by atomic mass is 127. The van der Waals surface area contributed by atoms with Crippen LogP contribution in [0.2, 0.25) is 0 Å². The van der Waals surface area contributed by atoms with Gasteiger partial charge in [0.15, 0.2) is 5.96 Å². The lowest BCUT2D eigenvalue weighted by Gasteiger charge is -2.25. The Hall–Kier alpha value is -1.64. The number of hydrogen-bond donors (Lipinski definition) is 2. The molecular weight excluding hydrogens is 403 g/mol. The van der Waals surface area contributed by atoms with E-state index in [1.807, 2.05) is 29.8 Å². The quantitative estimate of drug-likeness (QED) is 0.437. The van der Waals surface area contributed by atoms with Crippen LogP contribution in [0.1, 0.15) is 30.7 Å². The summed E-state index contributed by atoms with van der Waals surface area (Å²) >= 11 is 0. The Kier molecular flexibility index (Phi) is 6.37. The SMILES string of the molecule is Cc1nccn1-c1ncccc1CN=C(N)NCC1CCC1.I. The van der Waals surface area contributed by atoms with Gasteiger partial charge in [-0.3, -0.25) is 4.57 Å². The Morgan fingerprint density at radius 2 is 2.22 bits per heavy atom. The van der Waals surface area contributed by atoms with Gasteiger partial charge in [0, 0.05) is 30.7 Å². The lowest BCUT2D eigenvalue weighted by molar-refractivity contribution is 0.315. The predicted molar refractivity (Wildman–Crippen MR) is 102 cm³/mol. The number of nitrogens with two attached hydrogens (primary N) is 1. The molecular formula is C16H23IN6. The second-order valence-electron chi connectivity index (χ2n) is 5.71. The second-order valence-corrected chi connectivity index (χ2v) is 5.71. The minimum Gasteiger partial charge on any atom is -0.370 e. The summed E-state index contributed by atoms with van der Waals surface area (Å²) < 4.78 is 1.96. The van der Waals surface area contributed by atoms with E-state index in [-0.39, 0.29) is 24.0 Å². The van der Waals surface area contributed by atoms with Crippen LogP contribution in [0.5, 0.6) is 0 Å². The van der Waals surface area contributed by atoms with Crippen molar-refractivity contribution in [2.45, 2.75) is 32.7 Å². The molecule has 1 aliphatic carbocycles. The summed E-state index contributed by atoms with van der Waals surface area (Å²) in [6.45, 7) is 3.39. The molecule has 23 heavy (non-hydrogen) atoms. The van der Waals surface area contributed by atoms with E-state index in [9.17, 15) is 0 Å². The van der Waals surface area contributed by atoms with Gasteiger partial charge in [-0.1, -0.05) is 12.5 Å². The van der Waals surface area contributed by atoms with Crippen molar-refractivity contribution in [3.8, 4) is 5.82 Å². The number of aromatic nitrogens is 3. The van der Waals surface area contributed by atoms with E-state index in [0.29, 0.717) is 12.5 Å². The smallest absolute Gasteiger partial charge is 0.188 e. The highest BCUT2D eigenvalue weighted by Crippen LogP contribution is 2.25. The van der Waals surface area contributed by atoms with Crippen LogP contribution in [0.3, 0.4) is 0 Å². The van der Waals surface area contributed by atoms with Crippen LogP contribution in [0.25, 0.3) is 5.82 Å². The molecule has 1 aliphatic rings. The second kappa shape index (κ2) is 8.28. The lowest BCUT2D eigenvalue weighted by atomic mass is 9.85. The van der Waals surface area contributed by atoms with E-state index in [1.165, 1.54) is 19.3 Å². The maximum absolute atomic E-state index is 5.95. The third-order valence-corrected chi connectivity index (χ3v) is 4.14. The average molecular weight is 426 g/mol. The maximum atomic E-state index is 5.95. The zero-order valence-electron chi connectivity index (χ0n) is 13.3. The number of nitrogens with zero attached hydrogens (tertiary/aromatic N) is 4. The molecule has 0 spiro atoms. The Morgan fingerprint density at radius 3 is 2.87 bits per heavy atom. The summed E-state index contributed by atoms with van der Waals surface area (Å²) in [5.74, 6) is 3.02. The fraction of sp³-hybridized carbons (Fsp3) is 0.438. The number of imidazole rings is 1. The van der Waals surface area contributed by atoms with Crippen molar-refractivity contribution in [2.24, 2.45) is 16.6 Å². The number of nitrogens with one attached hydrogen (secondary N) is 1. The average Bonchev–Trinajstić information content (AvgIpc) is 2.90. The van der Waals surface area contributed by atoms with Gasteiger partial charge in [-0.2, -0.15) is 0 Å². The summed E-state index contributed by atoms with van der Waals surface area (Å²) in [5.41, 5.74) is 6.97. The van der Waals surface area contributed by atoms with Crippen molar-refractivity contribution < 1.29 is 0 Å². The molecule has 0 saturated heterocycles. The van der Waals surface area contributed by atoms with Gasteiger partial charge in [-0.15, -0.1) is 24.0 Å². The van der Waals surface area contributed by atoms with Gasteiger partial charge in [0.25, 0.3) is 0 Å². The largest absolute Gasteiger partial charge is 0.370 e. The van der Waals surface area contributed by atoms with E-state index in [1.54, 1.807) is 12.4 Å². The topological polar surface area (TPSA) is 81.1 Å². The van der Waals surface area contributed by atoms with Crippen LogP contribution in [-0.2, 0) is 6.54 Å². The molecule has 0 aromatic carbocycles. The van der Waals surface area contributed by atoms with Gasteiger partial charge in [0.1, 0.15) is 11.6 Å². The molecule has 0 radical (unpaired) electrons. The molecule has 2 heterocycles. The fourth-order valence-corrected chi connectivity index (χ4v) is 2.54. The zero-order chi connectivity index (χ0) is 15.4. The summed E-state index contributed by atoms with van der Waals surface area (Å²) in [7, 11) is 0. The Balaban J connectivity index is 0.00000192. The van der Waals surface area contributed by atoms with Crippen molar-refractivity contribution in [3.63, 3.8) is 0 Å². The molecule has 0 unspecified atom stereocenters. The minimum atomic E-state index is 0. The first-order valence-corrected chi connectivity index (χ1v) is 7.72. The third kappa shape index (κ3) is 4.43. The van der Waals surface area contributed by atoms with Crippen molar-refractivity contribution in [1.82, 2.24) is 19.9 Å². The first-order valence-electron chi connectivity index (χ1n) is 7.72. The predicted octanol–water partition coefficient (Wildman–Crippen LogP) is 2.40. The molecule has 2 aromatic heterocycles. The highest BCUT2D eigenvalue weighted by molar-refractivity contribution is 14.0. The van der Waals surface area contributed by atoms with E-state index < -0.39 is 0 Å². The lowest BCUT2D eigenvalue weighted by Crippen LogP contribution is -2.37. The molecule has 124 valence electrons. The van der Waals surface area contributed by atoms with Gasteiger partial charge >= 0.3 is 0 Å². The first kappa shape index (κ1) is 17.7. The van der Waals surface area contributed by atoms with Gasteiger partial charge in [0.2, 0.25) is 0 Å². The summed E-state index contributed by atoms with van der Waals surface area (Å²) in [6.07, 6.45) is 9.39. The third-order valence-electron chi connectivity index (χ3n) is 4.14. The number of aryl methyl sites for hydroxylation is 1. The monoisotopic (exact) mass is 426 g/mol. The normalized spacial score (nSPS) is 14.9. The Morgan fingerprint density at radius 1 is 1.39 bits per heavy atom. The molecule has 3 N–H and O–H groups in total. The van der Waals surface area contributed by atoms with Gasteiger partial charge < -0.3 is 11.1 Å². The summed E-state index contributed by atoms with van der Waals surface area (Å²) in [6, 6.07) is 3.93. The van der Waals surface area contributed by atoms with Crippen LogP contribution in [-0.4, -0.2) is 27.0 Å². The van der Waals surface area contributed by atoms with E-state index in [0.717, 1.165) is 29.7 Å².